The zero-order chi connectivity index (χ0) is 36.0. The lowest BCUT2D eigenvalue weighted by Gasteiger charge is -2.45. The Morgan fingerprint density at radius 3 is 2.29 bits per heavy atom. The van der Waals surface area contributed by atoms with E-state index < -0.39 is 23.3 Å². The number of nitrogens with two attached hydrogens (primary N) is 1. The van der Waals surface area contributed by atoms with Crippen molar-refractivity contribution in [1.82, 2.24) is 24.5 Å². The summed E-state index contributed by atoms with van der Waals surface area (Å²) >= 11 is 7.73. The van der Waals surface area contributed by atoms with E-state index >= 15 is 0 Å². The number of urea groups is 1. The normalized spacial score (nSPS) is 25.8. The van der Waals surface area contributed by atoms with Crippen LogP contribution >= 0.6 is 22.9 Å². The molecule has 3 N–H and O–H groups in total. The molecule has 7 rings (SSSR count). The molecule has 5 aliphatic rings. The van der Waals surface area contributed by atoms with Gasteiger partial charge in [-0.3, -0.25) is 14.5 Å². The Morgan fingerprint density at radius 1 is 0.941 bits per heavy atom. The highest BCUT2D eigenvalue weighted by atomic mass is 35.5. The molecule has 10 nitrogen and oxygen atoms in total. The maximum Gasteiger partial charge on any atom is 0.418 e. The number of hydrogen-bond donors (Lipinski definition) is 2. The van der Waals surface area contributed by atoms with Crippen LogP contribution in [0.5, 0.6) is 0 Å². The predicted octanol–water partition coefficient (Wildman–Crippen LogP) is 5.40. The number of alkyl halides is 3. The summed E-state index contributed by atoms with van der Waals surface area (Å²) in [6, 6.07) is 3.88. The first kappa shape index (κ1) is 36.3. The molecule has 4 fully saturated rings. The molecule has 0 saturated carbocycles. The number of nitrogen functional groups attached to an aromatic ring is 1. The first-order valence-corrected chi connectivity index (χ1v) is 19.5. The molecule has 278 valence electrons. The largest absolute Gasteiger partial charge is 0.418 e. The van der Waals surface area contributed by atoms with Crippen molar-refractivity contribution in [3.8, 4) is 0 Å². The fourth-order valence-corrected chi connectivity index (χ4v) is 10.1. The Kier molecular flexibility index (Phi) is 10.5. The molecule has 15 heteroatoms. The summed E-state index contributed by atoms with van der Waals surface area (Å²) in [5.41, 5.74) is 6.30. The molecule has 6 heterocycles. The molecule has 1 aromatic carbocycles. The average molecular weight is 750 g/mol. The third kappa shape index (κ3) is 7.70. The number of hydrogen-bond acceptors (Lipinski definition) is 7. The monoisotopic (exact) mass is 749 g/mol. The van der Waals surface area contributed by atoms with Gasteiger partial charge in [-0.1, -0.05) is 11.6 Å². The summed E-state index contributed by atoms with van der Waals surface area (Å²) in [5.74, 6) is -1.31. The second-order valence-electron chi connectivity index (χ2n) is 15.0. The van der Waals surface area contributed by atoms with Gasteiger partial charge in [-0.25, -0.2) is 4.79 Å². The number of piperidine rings is 2. The molecule has 2 bridgehead atoms. The highest BCUT2D eigenvalue weighted by molar-refractivity contribution is 7.08. The lowest BCUT2D eigenvalue weighted by atomic mass is 9.91. The van der Waals surface area contributed by atoms with E-state index in [1.54, 1.807) is 21.1 Å². The SMILES string of the molecule is CN1C2CCC1CC(N1CCN(C(=O)[C@H](CC(=O)N3CCC(N4CCc5cscc5NC4=O)CC3)Cc3cc(Cl)c(N)c(C(F)(F)F)c3)CC1)C2. The number of carbonyl (C=O) groups is 3. The minimum atomic E-state index is -4.72. The van der Waals surface area contributed by atoms with Crippen LogP contribution in [-0.2, 0) is 28.6 Å². The van der Waals surface area contributed by atoms with Crippen LogP contribution in [0.25, 0.3) is 0 Å². The maximum absolute atomic E-state index is 14.2. The maximum atomic E-state index is 14.2. The Morgan fingerprint density at radius 2 is 1.63 bits per heavy atom. The quantitative estimate of drug-likeness (QED) is 0.368. The Bertz CT molecular complexity index is 1610. The van der Waals surface area contributed by atoms with E-state index in [1.807, 2.05) is 10.3 Å². The summed E-state index contributed by atoms with van der Waals surface area (Å²) in [7, 11) is 2.22. The summed E-state index contributed by atoms with van der Waals surface area (Å²) in [6.45, 7) is 3.95. The van der Waals surface area contributed by atoms with E-state index in [2.05, 4.69) is 27.5 Å². The number of fused-ring (bicyclic) bond motifs is 3. The van der Waals surface area contributed by atoms with Crippen LogP contribution in [0.4, 0.5) is 29.3 Å². The number of amides is 4. The number of benzene rings is 1. The van der Waals surface area contributed by atoms with Crippen molar-refractivity contribution in [2.75, 3.05) is 63.9 Å². The first-order valence-electron chi connectivity index (χ1n) is 18.2. The van der Waals surface area contributed by atoms with Gasteiger partial charge < -0.3 is 30.7 Å². The molecule has 51 heavy (non-hydrogen) atoms. The van der Waals surface area contributed by atoms with Crippen molar-refractivity contribution in [2.45, 2.75) is 88.1 Å². The number of piperazine rings is 1. The summed E-state index contributed by atoms with van der Waals surface area (Å²) in [5, 5.41) is 6.78. The molecule has 3 atom stereocenters. The lowest BCUT2D eigenvalue weighted by Crippen LogP contribution is -2.56. The van der Waals surface area contributed by atoms with Gasteiger partial charge in [0.25, 0.3) is 0 Å². The molecule has 2 unspecified atom stereocenters. The third-order valence-corrected chi connectivity index (χ3v) is 13.2. The van der Waals surface area contributed by atoms with Gasteiger partial charge in [0.1, 0.15) is 0 Å². The van der Waals surface area contributed by atoms with Crippen LogP contribution in [0.3, 0.4) is 0 Å². The minimum Gasteiger partial charge on any atom is -0.397 e. The minimum absolute atomic E-state index is 0.0204. The number of halogens is 4. The van der Waals surface area contributed by atoms with Gasteiger partial charge in [0.2, 0.25) is 11.8 Å². The van der Waals surface area contributed by atoms with Gasteiger partial charge in [-0.05, 0) is 87.1 Å². The van der Waals surface area contributed by atoms with Gasteiger partial charge in [0, 0.05) is 81.8 Å². The van der Waals surface area contributed by atoms with E-state index in [4.69, 9.17) is 17.3 Å². The van der Waals surface area contributed by atoms with E-state index in [9.17, 15) is 27.6 Å². The lowest BCUT2D eigenvalue weighted by molar-refractivity contribution is -0.143. The van der Waals surface area contributed by atoms with Gasteiger partial charge in [-0.2, -0.15) is 13.2 Å². The summed E-state index contributed by atoms with van der Waals surface area (Å²) < 4.78 is 41.6. The number of nitrogens with zero attached hydrogens (tertiary/aromatic N) is 5. The number of thiophene rings is 1. The Balaban J connectivity index is 1.01. The second kappa shape index (κ2) is 14.7. The molecule has 0 radical (unpaired) electrons. The fraction of sp³-hybridized carbons (Fsp3) is 0.639. The molecule has 2 aromatic rings. The van der Waals surface area contributed by atoms with Crippen LogP contribution in [0.2, 0.25) is 5.02 Å². The molecular weight excluding hydrogens is 703 g/mol. The van der Waals surface area contributed by atoms with Gasteiger partial charge >= 0.3 is 12.2 Å². The number of carbonyl (C=O) groups excluding carboxylic acids is 3. The molecule has 1 aromatic heterocycles. The number of rotatable bonds is 7. The zero-order valence-corrected chi connectivity index (χ0v) is 30.5. The van der Waals surface area contributed by atoms with E-state index in [1.165, 1.54) is 18.9 Å². The van der Waals surface area contributed by atoms with Gasteiger partial charge in [-0.15, -0.1) is 11.3 Å². The smallest absolute Gasteiger partial charge is 0.397 e. The predicted molar refractivity (Wildman–Crippen MR) is 192 cm³/mol. The van der Waals surface area contributed by atoms with E-state index in [-0.39, 0.29) is 47.3 Å². The standard InChI is InChI=1S/C36H47ClF3N7O3S/c1-43-26-2-3-27(43)19-28(18-26)44-10-12-46(13-11-44)34(49)24(14-22-15-29(36(38,39)40)33(41)30(37)16-22)17-32(48)45-7-5-25(6-8-45)47-9-4-23-20-51-21-31(23)42-35(47)50/h15-16,20-21,24-28H,2-14,17-19,41H2,1H3,(H,42,50)/t24-,26?,27?,28?/m0/s1. The molecule has 4 saturated heterocycles. The number of nitrogens with one attached hydrogen (secondary N) is 1. The van der Waals surface area contributed by atoms with Crippen molar-refractivity contribution in [1.29, 1.82) is 0 Å². The summed E-state index contributed by atoms with van der Waals surface area (Å²) in [6.07, 6.45) is 1.79. The second-order valence-corrected chi connectivity index (χ2v) is 16.1. The van der Waals surface area contributed by atoms with Crippen LogP contribution in [0.15, 0.2) is 22.9 Å². The highest BCUT2D eigenvalue weighted by Gasteiger charge is 2.42. The van der Waals surface area contributed by atoms with E-state index in [0.717, 1.165) is 49.7 Å². The number of likely N-dealkylation sites (tertiary alicyclic amines) is 1. The van der Waals surface area contributed by atoms with Gasteiger partial charge in [0.05, 0.1) is 27.9 Å². The molecule has 4 amide bonds. The highest BCUT2D eigenvalue weighted by Crippen LogP contribution is 2.39. The van der Waals surface area contributed by atoms with Crippen LogP contribution in [0.1, 0.15) is 61.6 Å². The third-order valence-electron chi connectivity index (χ3n) is 12.1. The fourth-order valence-electron chi connectivity index (χ4n) is 9.08. The van der Waals surface area contributed by atoms with Crippen molar-refractivity contribution in [2.24, 2.45) is 5.92 Å². The molecule has 5 aliphatic heterocycles. The molecular formula is C36H47ClF3N7O3S. The van der Waals surface area contributed by atoms with Crippen molar-refractivity contribution < 1.29 is 27.6 Å². The van der Waals surface area contributed by atoms with Crippen LogP contribution < -0.4 is 11.1 Å². The Hall–Kier alpha value is -3.07. The zero-order valence-electron chi connectivity index (χ0n) is 29.0. The van der Waals surface area contributed by atoms with Crippen molar-refractivity contribution >= 4 is 52.2 Å². The Labute approximate surface area is 306 Å². The van der Waals surface area contributed by atoms with Crippen molar-refractivity contribution in [3.05, 3.63) is 44.6 Å². The molecule has 0 aliphatic carbocycles. The summed E-state index contributed by atoms with van der Waals surface area (Å²) in [4.78, 5) is 51.4. The van der Waals surface area contributed by atoms with Crippen LogP contribution in [-0.4, -0.2) is 119 Å². The first-order chi connectivity index (χ1) is 24.4. The number of anilines is 2. The van der Waals surface area contributed by atoms with Crippen molar-refractivity contribution in [3.63, 3.8) is 0 Å². The topological polar surface area (TPSA) is 105 Å². The van der Waals surface area contributed by atoms with E-state index in [0.29, 0.717) is 63.7 Å². The van der Waals surface area contributed by atoms with Crippen LogP contribution in [0, 0.1) is 5.92 Å². The molecule has 0 spiro atoms. The average Bonchev–Trinajstić information content (AvgIpc) is 3.55. The van der Waals surface area contributed by atoms with Gasteiger partial charge in [0.15, 0.2) is 0 Å².